The normalized spacial score (nSPS) is 22.8. The Kier molecular flexibility index (Phi) is 4.66. The number of likely N-dealkylation sites (tertiary alicyclic amines) is 1. The fourth-order valence-electron chi connectivity index (χ4n) is 3.55. The van der Waals surface area contributed by atoms with Gasteiger partial charge in [-0.1, -0.05) is 0 Å². The number of hydrogen-bond donors (Lipinski definition) is 0. The predicted molar refractivity (Wildman–Crippen MR) is 92.3 cm³/mol. The van der Waals surface area contributed by atoms with Gasteiger partial charge < -0.3 is 4.90 Å². The van der Waals surface area contributed by atoms with Crippen LogP contribution in [0.15, 0.2) is 24.5 Å². The molecule has 5 heteroatoms. The highest BCUT2D eigenvalue weighted by Gasteiger charge is 2.35. The highest BCUT2D eigenvalue weighted by Crippen LogP contribution is 2.28. The Morgan fingerprint density at radius 1 is 1.36 bits per heavy atom. The van der Waals surface area contributed by atoms with Crippen LogP contribution in [0.1, 0.15) is 21.7 Å². The molecule has 120 valence electrons. The molecule has 1 saturated heterocycles. The molecular weight excluding hydrogens is 292 g/mol. The summed E-state index contributed by atoms with van der Waals surface area (Å²) in [5.74, 6) is 0. The molecule has 1 fully saturated rings. The average Bonchev–Trinajstić information content (AvgIpc) is 3.14. The molecule has 2 aromatic heterocycles. The summed E-state index contributed by atoms with van der Waals surface area (Å²) in [5, 5.41) is 4.33. The first-order valence-corrected chi connectivity index (χ1v) is 8.78. The zero-order valence-electron chi connectivity index (χ0n) is 14.0. The maximum absolute atomic E-state index is 4.33. The van der Waals surface area contributed by atoms with Crippen LogP contribution in [-0.2, 0) is 20.0 Å². The van der Waals surface area contributed by atoms with E-state index in [0.29, 0.717) is 12.1 Å². The Morgan fingerprint density at radius 2 is 2.18 bits per heavy atom. The van der Waals surface area contributed by atoms with Gasteiger partial charge in [-0.25, -0.2) is 0 Å². The lowest BCUT2D eigenvalue weighted by Gasteiger charge is -2.31. The Morgan fingerprint density at radius 3 is 2.77 bits per heavy atom. The summed E-state index contributed by atoms with van der Waals surface area (Å²) in [5.41, 5.74) is 1.34. The quantitative estimate of drug-likeness (QED) is 0.847. The molecule has 1 aliphatic rings. The molecule has 0 spiro atoms. The molecule has 3 rings (SSSR count). The number of aromatic nitrogens is 2. The van der Waals surface area contributed by atoms with E-state index in [2.05, 4.69) is 54.2 Å². The van der Waals surface area contributed by atoms with Crippen molar-refractivity contribution in [1.82, 2.24) is 19.6 Å². The van der Waals surface area contributed by atoms with E-state index in [1.54, 1.807) is 0 Å². The number of thiophene rings is 1. The molecule has 0 aromatic carbocycles. The van der Waals surface area contributed by atoms with Crippen LogP contribution in [0.5, 0.6) is 0 Å². The van der Waals surface area contributed by atoms with Gasteiger partial charge in [0, 0.05) is 48.2 Å². The second-order valence-corrected chi connectivity index (χ2v) is 7.97. The predicted octanol–water partition coefficient (Wildman–Crippen LogP) is 2.54. The summed E-state index contributed by atoms with van der Waals surface area (Å²) in [7, 11) is 6.41. The van der Waals surface area contributed by atoms with Gasteiger partial charge in [-0.2, -0.15) is 5.10 Å². The molecule has 2 aromatic rings. The van der Waals surface area contributed by atoms with Crippen molar-refractivity contribution in [1.29, 1.82) is 0 Å². The van der Waals surface area contributed by atoms with Crippen LogP contribution in [0.3, 0.4) is 0 Å². The van der Waals surface area contributed by atoms with E-state index in [1.165, 1.54) is 28.3 Å². The lowest BCUT2D eigenvalue weighted by molar-refractivity contribution is 0.179. The average molecular weight is 318 g/mol. The number of aryl methyl sites for hydroxylation is 2. The van der Waals surface area contributed by atoms with E-state index in [4.69, 9.17) is 0 Å². The van der Waals surface area contributed by atoms with Crippen molar-refractivity contribution in [2.75, 3.05) is 20.6 Å². The topological polar surface area (TPSA) is 24.3 Å². The Labute approximate surface area is 137 Å². The van der Waals surface area contributed by atoms with E-state index < -0.39 is 0 Å². The van der Waals surface area contributed by atoms with Crippen molar-refractivity contribution in [3.05, 3.63) is 39.8 Å². The van der Waals surface area contributed by atoms with Crippen molar-refractivity contribution >= 4 is 11.3 Å². The molecule has 4 nitrogen and oxygen atoms in total. The third-order valence-electron chi connectivity index (χ3n) is 4.65. The highest BCUT2D eigenvalue weighted by atomic mass is 32.1. The van der Waals surface area contributed by atoms with Crippen LogP contribution >= 0.6 is 11.3 Å². The highest BCUT2D eigenvalue weighted by molar-refractivity contribution is 7.11. The fraction of sp³-hybridized carbons (Fsp3) is 0.588. The zero-order chi connectivity index (χ0) is 15.7. The number of rotatable bonds is 5. The lowest BCUT2D eigenvalue weighted by Crippen LogP contribution is -2.43. The van der Waals surface area contributed by atoms with Gasteiger partial charge in [-0.05, 0) is 51.6 Å². The SMILES string of the molecule is Cc1ccc(CN2CC[C@@H](N(C)C)[C@@H]2Cc2cnn(C)c2)s1. The van der Waals surface area contributed by atoms with Crippen molar-refractivity contribution in [3.8, 4) is 0 Å². The molecule has 22 heavy (non-hydrogen) atoms. The summed E-state index contributed by atoms with van der Waals surface area (Å²) in [6.45, 7) is 4.45. The van der Waals surface area contributed by atoms with E-state index in [0.717, 1.165) is 13.0 Å². The number of nitrogens with zero attached hydrogens (tertiary/aromatic N) is 4. The maximum atomic E-state index is 4.33. The van der Waals surface area contributed by atoms with E-state index in [9.17, 15) is 0 Å². The van der Waals surface area contributed by atoms with E-state index in [1.807, 2.05) is 29.3 Å². The standard InChI is InChI=1S/C17H26N4S/c1-13-5-6-15(22-13)12-21-8-7-16(19(2)3)17(21)9-14-10-18-20(4)11-14/h5-6,10-11,16-17H,7-9,12H2,1-4H3/t16-,17+/m1/s1. The summed E-state index contributed by atoms with van der Waals surface area (Å²) >= 11 is 1.92. The minimum Gasteiger partial charge on any atom is -0.305 e. The van der Waals surface area contributed by atoms with E-state index in [-0.39, 0.29) is 0 Å². The molecule has 0 aliphatic carbocycles. The third-order valence-corrected chi connectivity index (χ3v) is 5.63. The van der Waals surface area contributed by atoms with Crippen LogP contribution in [-0.4, -0.2) is 52.3 Å². The molecule has 0 N–H and O–H groups in total. The van der Waals surface area contributed by atoms with Crippen molar-refractivity contribution in [2.45, 2.75) is 38.4 Å². The van der Waals surface area contributed by atoms with Crippen LogP contribution < -0.4 is 0 Å². The maximum Gasteiger partial charge on any atom is 0.0522 e. The molecular formula is C17H26N4S. The van der Waals surface area contributed by atoms with E-state index >= 15 is 0 Å². The smallest absolute Gasteiger partial charge is 0.0522 e. The first-order chi connectivity index (χ1) is 10.5. The summed E-state index contributed by atoms with van der Waals surface area (Å²) in [4.78, 5) is 7.93. The Hall–Kier alpha value is -1.17. The first-order valence-electron chi connectivity index (χ1n) is 7.96. The molecule has 2 atom stereocenters. The molecule has 0 saturated carbocycles. The van der Waals surface area contributed by atoms with Crippen LogP contribution in [0.2, 0.25) is 0 Å². The minimum atomic E-state index is 0.571. The number of likely N-dealkylation sites (N-methyl/N-ethyl adjacent to an activating group) is 1. The molecule has 0 bridgehead atoms. The van der Waals surface area contributed by atoms with Crippen LogP contribution in [0, 0.1) is 6.92 Å². The van der Waals surface area contributed by atoms with Crippen molar-refractivity contribution < 1.29 is 0 Å². The fourth-order valence-corrected chi connectivity index (χ4v) is 4.47. The van der Waals surface area contributed by atoms with Gasteiger partial charge in [0.25, 0.3) is 0 Å². The third kappa shape index (κ3) is 3.42. The van der Waals surface area contributed by atoms with Crippen LogP contribution in [0.4, 0.5) is 0 Å². The van der Waals surface area contributed by atoms with Gasteiger partial charge in [-0.3, -0.25) is 9.58 Å². The largest absolute Gasteiger partial charge is 0.305 e. The second kappa shape index (κ2) is 6.52. The van der Waals surface area contributed by atoms with Gasteiger partial charge in [0.2, 0.25) is 0 Å². The van der Waals surface area contributed by atoms with Crippen molar-refractivity contribution in [3.63, 3.8) is 0 Å². The molecule has 3 heterocycles. The molecule has 1 aliphatic heterocycles. The van der Waals surface area contributed by atoms with Gasteiger partial charge in [-0.15, -0.1) is 11.3 Å². The number of hydrogen-bond acceptors (Lipinski definition) is 4. The lowest BCUT2D eigenvalue weighted by atomic mass is 10.0. The van der Waals surface area contributed by atoms with Gasteiger partial charge in [0.15, 0.2) is 0 Å². The Bertz CT molecular complexity index is 616. The monoisotopic (exact) mass is 318 g/mol. The molecule has 0 amide bonds. The minimum absolute atomic E-state index is 0.571. The van der Waals surface area contributed by atoms with Crippen LogP contribution in [0.25, 0.3) is 0 Å². The Balaban J connectivity index is 1.75. The zero-order valence-corrected chi connectivity index (χ0v) is 14.8. The van der Waals surface area contributed by atoms with Gasteiger partial charge >= 0.3 is 0 Å². The first kappa shape index (κ1) is 15.7. The van der Waals surface area contributed by atoms with Gasteiger partial charge in [0.1, 0.15) is 0 Å². The van der Waals surface area contributed by atoms with Gasteiger partial charge in [0.05, 0.1) is 6.20 Å². The summed E-state index contributed by atoms with van der Waals surface area (Å²) < 4.78 is 1.90. The molecule has 0 unspecified atom stereocenters. The summed E-state index contributed by atoms with van der Waals surface area (Å²) in [6.07, 6.45) is 6.50. The van der Waals surface area contributed by atoms with Crippen molar-refractivity contribution in [2.24, 2.45) is 7.05 Å². The second-order valence-electron chi connectivity index (χ2n) is 6.60. The summed E-state index contributed by atoms with van der Waals surface area (Å²) in [6, 6.07) is 5.71. The molecule has 0 radical (unpaired) electrons.